The number of halogens is 1. The summed E-state index contributed by atoms with van der Waals surface area (Å²) in [6.07, 6.45) is 6.03. The van der Waals surface area contributed by atoms with E-state index in [2.05, 4.69) is 25.0 Å². The van der Waals surface area contributed by atoms with Crippen LogP contribution < -0.4 is 10.2 Å². The summed E-state index contributed by atoms with van der Waals surface area (Å²) >= 11 is 7.38. The number of piperidine rings is 1. The molecule has 1 amide bonds. The lowest BCUT2D eigenvalue weighted by Gasteiger charge is -2.28. The second-order valence-electron chi connectivity index (χ2n) is 7.19. The van der Waals surface area contributed by atoms with E-state index in [4.69, 9.17) is 11.6 Å². The molecule has 1 atom stereocenters. The van der Waals surface area contributed by atoms with Gasteiger partial charge < -0.3 is 10.2 Å². The first-order valence-electron chi connectivity index (χ1n) is 9.55. The number of rotatable bonds is 6. The quantitative estimate of drug-likeness (QED) is 0.722. The second-order valence-corrected chi connectivity index (χ2v) is 8.93. The molecule has 0 bridgehead atoms. The van der Waals surface area contributed by atoms with Gasteiger partial charge in [0.2, 0.25) is 11.9 Å². The van der Waals surface area contributed by atoms with Crippen molar-refractivity contribution >= 4 is 40.9 Å². The number of hydrogen-bond acceptors (Lipinski definition) is 5. The molecule has 1 saturated carbocycles. The van der Waals surface area contributed by atoms with E-state index in [1.807, 2.05) is 6.92 Å². The predicted molar refractivity (Wildman–Crippen MR) is 110 cm³/mol. The van der Waals surface area contributed by atoms with E-state index in [9.17, 15) is 4.79 Å². The number of amides is 1. The maximum Gasteiger partial charge on any atom is 0.237 e. The van der Waals surface area contributed by atoms with Gasteiger partial charge in [0, 0.05) is 29.8 Å². The fourth-order valence-electron chi connectivity index (χ4n) is 3.30. The molecule has 6 nitrogen and oxygen atoms in total. The van der Waals surface area contributed by atoms with Crippen LogP contribution in [0.4, 0.5) is 11.6 Å². The largest absolute Gasteiger partial charge is 0.341 e. The van der Waals surface area contributed by atoms with Crippen molar-refractivity contribution in [2.24, 2.45) is 0 Å². The molecular formula is C19H24ClN5OS. The highest BCUT2D eigenvalue weighted by Crippen LogP contribution is 2.42. The van der Waals surface area contributed by atoms with E-state index in [1.165, 1.54) is 31.0 Å². The summed E-state index contributed by atoms with van der Waals surface area (Å²) in [6.45, 7) is 3.99. The molecule has 2 aliphatic rings. The van der Waals surface area contributed by atoms with E-state index < -0.39 is 0 Å². The zero-order valence-corrected chi connectivity index (χ0v) is 17.0. The summed E-state index contributed by atoms with van der Waals surface area (Å²) < 4.78 is 2.25. The molecular weight excluding hydrogens is 382 g/mol. The zero-order valence-electron chi connectivity index (χ0n) is 15.4. The summed E-state index contributed by atoms with van der Waals surface area (Å²) in [5, 5.41) is 13.1. The van der Waals surface area contributed by atoms with Crippen LogP contribution in [0.25, 0.3) is 0 Å². The first-order valence-corrected chi connectivity index (χ1v) is 10.8. The molecule has 2 fully saturated rings. The van der Waals surface area contributed by atoms with Gasteiger partial charge >= 0.3 is 0 Å². The van der Waals surface area contributed by atoms with Crippen molar-refractivity contribution in [1.29, 1.82) is 0 Å². The van der Waals surface area contributed by atoms with Crippen molar-refractivity contribution in [3.63, 3.8) is 0 Å². The Morgan fingerprint density at radius 3 is 2.56 bits per heavy atom. The molecule has 1 saturated heterocycles. The first kappa shape index (κ1) is 18.6. The lowest BCUT2D eigenvalue weighted by Crippen LogP contribution is -2.32. The number of anilines is 2. The molecule has 27 heavy (non-hydrogen) atoms. The third-order valence-electron chi connectivity index (χ3n) is 4.96. The van der Waals surface area contributed by atoms with Crippen LogP contribution in [0.1, 0.15) is 45.1 Å². The van der Waals surface area contributed by atoms with Crippen LogP contribution in [-0.4, -0.2) is 39.0 Å². The summed E-state index contributed by atoms with van der Waals surface area (Å²) in [6, 6.07) is 7.62. The van der Waals surface area contributed by atoms with E-state index in [0.717, 1.165) is 42.7 Å². The highest BCUT2D eigenvalue weighted by molar-refractivity contribution is 8.00. The summed E-state index contributed by atoms with van der Waals surface area (Å²) in [4.78, 5) is 14.9. The van der Waals surface area contributed by atoms with Crippen LogP contribution in [0.5, 0.6) is 0 Å². The van der Waals surface area contributed by atoms with Gasteiger partial charge in [0.15, 0.2) is 5.16 Å². The van der Waals surface area contributed by atoms with Gasteiger partial charge in [-0.15, -0.1) is 10.2 Å². The molecule has 2 heterocycles. The van der Waals surface area contributed by atoms with Crippen molar-refractivity contribution in [1.82, 2.24) is 14.8 Å². The molecule has 8 heteroatoms. The average Bonchev–Trinajstić information content (AvgIpc) is 3.44. The van der Waals surface area contributed by atoms with Crippen LogP contribution >= 0.6 is 23.4 Å². The Kier molecular flexibility index (Phi) is 5.59. The number of hydrogen-bond donors (Lipinski definition) is 1. The van der Waals surface area contributed by atoms with Crippen LogP contribution in [0.2, 0.25) is 5.02 Å². The van der Waals surface area contributed by atoms with Crippen molar-refractivity contribution < 1.29 is 4.79 Å². The van der Waals surface area contributed by atoms with Gasteiger partial charge in [0.1, 0.15) is 0 Å². The van der Waals surface area contributed by atoms with Gasteiger partial charge in [-0.3, -0.25) is 9.36 Å². The van der Waals surface area contributed by atoms with Gasteiger partial charge in [-0.25, -0.2) is 0 Å². The van der Waals surface area contributed by atoms with Crippen molar-refractivity contribution in [2.75, 3.05) is 23.3 Å². The number of nitrogens with zero attached hydrogens (tertiary/aromatic N) is 4. The minimum Gasteiger partial charge on any atom is -0.341 e. The van der Waals surface area contributed by atoms with E-state index >= 15 is 0 Å². The molecule has 1 N–H and O–H groups in total. The van der Waals surface area contributed by atoms with Gasteiger partial charge in [0.05, 0.1) is 5.25 Å². The zero-order chi connectivity index (χ0) is 18.8. The van der Waals surface area contributed by atoms with Crippen LogP contribution in [-0.2, 0) is 4.79 Å². The van der Waals surface area contributed by atoms with Crippen molar-refractivity contribution in [3.05, 3.63) is 29.3 Å². The van der Waals surface area contributed by atoms with E-state index in [1.54, 1.807) is 24.3 Å². The van der Waals surface area contributed by atoms with Gasteiger partial charge in [-0.2, -0.15) is 0 Å². The average molecular weight is 406 g/mol. The Labute approximate surface area is 168 Å². The topological polar surface area (TPSA) is 63.1 Å². The second kappa shape index (κ2) is 8.10. The molecule has 0 radical (unpaired) electrons. The number of aromatic nitrogens is 3. The maximum atomic E-state index is 12.6. The first-order chi connectivity index (χ1) is 13.1. The maximum absolute atomic E-state index is 12.6. The number of carbonyl (C=O) groups excluding carboxylic acids is 1. The molecule has 4 rings (SSSR count). The third kappa shape index (κ3) is 4.41. The predicted octanol–water partition coefficient (Wildman–Crippen LogP) is 4.38. The fraction of sp³-hybridized carbons (Fsp3) is 0.526. The Bertz CT molecular complexity index is 799. The summed E-state index contributed by atoms with van der Waals surface area (Å²) in [7, 11) is 0. The Balaban J connectivity index is 1.45. The van der Waals surface area contributed by atoms with Crippen molar-refractivity contribution in [2.45, 2.75) is 55.5 Å². The van der Waals surface area contributed by atoms with Crippen LogP contribution in [0.3, 0.4) is 0 Å². The summed E-state index contributed by atoms with van der Waals surface area (Å²) in [5.41, 5.74) is 0.745. The standard InChI is InChI=1S/C19H24ClN5OS/c1-13(17(26)21-15-7-5-14(20)6-8-15)27-19-23-22-18(25(19)16-9-10-16)24-11-3-2-4-12-24/h5-8,13,16H,2-4,9-12H2,1H3,(H,21,26). The molecule has 2 aromatic rings. The monoisotopic (exact) mass is 405 g/mol. The SMILES string of the molecule is CC(Sc1nnc(N2CCCCC2)n1C1CC1)C(=O)Nc1ccc(Cl)cc1. The molecule has 1 aliphatic heterocycles. The number of benzene rings is 1. The van der Waals surface area contributed by atoms with Gasteiger partial charge in [-0.1, -0.05) is 23.4 Å². The van der Waals surface area contributed by atoms with Crippen molar-refractivity contribution in [3.8, 4) is 0 Å². The Hall–Kier alpha value is -1.73. The van der Waals surface area contributed by atoms with Gasteiger partial charge in [0.25, 0.3) is 0 Å². The molecule has 0 spiro atoms. The summed E-state index contributed by atoms with van der Waals surface area (Å²) in [5.74, 6) is 0.928. The van der Waals surface area contributed by atoms with E-state index in [-0.39, 0.29) is 11.2 Å². The molecule has 1 aromatic heterocycles. The van der Waals surface area contributed by atoms with Crippen LogP contribution in [0.15, 0.2) is 29.4 Å². The van der Waals surface area contributed by atoms with Crippen LogP contribution in [0, 0.1) is 0 Å². The Morgan fingerprint density at radius 2 is 1.89 bits per heavy atom. The van der Waals surface area contributed by atoms with E-state index in [0.29, 0.717) is 11.1 Å². The Morgan fingerprint density at radius 1 is 1.19 bits per heavy atom. The smallest absolute Gasteiger partial charge is 0.237 e. The lowest BCUT2D eigenvalue weighted by molar-refractivity contribution is -0.115. The van der Waals surface area contributed by atoms with Gasteiger partial charge in [-0.05, 0) is 63.3 Å². The molecule has 1 aliphatic carbocycles. The lowest BCUT2D eigenvalue weighted by atomic mass is 10.1. The fourth-order valence-corrected chi connectivity index (χ4v) is 4.34. The highest BCUT2D eigenvalue weighted by Gasteiger charge is 2.33. The minimum absolute atomic E-state index is 0.0489. The number of carbonyl (C=O) groups is 1. The highest BCUT2D eigenvalue weighted by atomic mass is 35.5. The number of thioether (sulfide) groups is 1. The number of nitrogens with one attached hydrogen (secondary N) is 1. The minimum atomic E-state index is -0.267. The molecule has 1 unspecified atom stereocenters. The molecule has 144 valence electrons. The third-order valence-corrected chi connectivity index (χ3v) is 6.27. The molecule has 1 aromatic carbocycles. The normalized spacial score (nSPS) is 18.4.